The van der Waals surface area contributed by atoms with Crippen LogP contribution in [0.4, 0.5) is 17.3 Å². The molecule has 0 saturated heterocycles. The Morgan fingerprint density at radius 3 is 2.18 bits per heavy atom. The van der Waals surface area contributed by atoms with Crippen molar-refractivity contribution in [2.75, 3.05) is 0 Å². The zero-order valence-electron chi connectivity index (χ0n) is 9.36. The number of halogens is 4. The number of rotatable bonds is 3. The lowest BCUT2D eigenvalue weighted by Crippen LogP contribution is -2.25. The molecule has 1 rings (SSSR count). The van der Waals surface area contributed by atoms with Crippen molar-refractivity contribution in [3.63, 3.8) is 0 Å². The number of carboxylic acid groups (broad SMARTS) is 1. The van der Waals surface area contributed by atoms with Crippen molar-refractivity contribution in [3.05, 3.63) is 18.7 Å². The van der Waals surface area contributed by atoms with Crippen molar-refractivity contribution >= 4 is 13.2 Å². The summed E-state index contributed by atoms with van der Waals surface area (Å²) < 4.78 is 42.5. The summed E-state index contributed by atoms with van der Waals surface area (Å²) in [5.41, 5.74) is 0. The fraction of sp³-hybridized carbons (Fsp3) is 0.500. The molecular weight excluding hydrogens is 243 g/mol. The molecule has 0 aromatic carbocycles. The minimum Gasteiger partial charge on any atom is -0.478 e. The molecule has 0 aliphatic rings. The smallest absolute Gasteiger partial charge is 0.478 e. The lowest BCUT2D eigenvalue weighted by atomic mass is 10.2. The molecule has 1 unspecified atom stereocenters. The fourth-order valence-electron chi connectivity index (χ4n) is 1.17. The first kappa shape index (κ1) is 15.5. The maximum atomic E-state index is 10.7. The van der Waals surface area contributed by atoms with E-state index in [1.807, 2.05) is 24.7 Å². The van der Waals surface area contributed by atoms with E-state index in [-0.39, 0.29) is 0 Å². The van der Waals surface area contributed by atoms with Crippen LogP contribution in [0.15, 0.2) is 18.7 Å². The van der Waals surface area contributed by atoms with E-state index in [9.17, 15) is 22.1 Å². The molecule has 0 fully saturated rings. The van der Waals surface area contributed by atoms with Gasteiger partial charge >= 0.3 is 13.2 Å². The number of hydrogen-bond acceptors (Lipinski definition) is 1. The highest BCUT2D eigenvalue weighted by Crippen LogP contribution is 2.09. The van der Waals surface area contributed by atoms with Gasteiger partial charge in [-0.25, -0.2) is 13.9 Å². The average Bonchev–Trinajstić information content (AvgIpc) is 2.49. The van der Waals surface area contributed by atoms with Crippen LogP contribution in [0.5, 0.6) is 0 Å². The molecule has 0 spiro atoms. The van der Waals surface area contributed by atoms with Gasteiger partial charge in [-0.2, -0.15) is 0 Å². The molecular formula is C8H13BF4N2O2. The predicted octanol–water partition coefficient (Wildman–Crippen LogP) is 1.65. The first-order valence-corrected chi connectivity index (χ1v) is 4.78. The highest BCUT2D eigenvalue weighted by Gasteiger charge is 2.21. The summed E-state index contributed by atoms with van der Waals surface area (Å²) in [6.45, 7) is 1.86. The molecule has 4 nitrogen and oxygen atoms in total. The molecule has 0 aliphatic heterocycles. The van der Waals surface area contributed by atoms with Crippen LogP contribution in [-0.2, 0) is 11.8 Å². The van der Waals surface area contributed by atoms with E-state index in [0.717, 1.165) is 0 Å². The largest absolute Gasteiger partial charge is 0.673 e. The van der Waals surface area contributed by atoms with E-state index in [4.69, 9.17) is 5.11 Å². The molecule has 0 aliphatic carbocycles. The van der Waals surface area contributed by atoms with Crippen molar-refractivity contribution in [2.45, 2.75) is 19.4 Å². The van der Waals surface area contributed by atoms with Gasteiger partial charge < -0.3 is 22.4 Å². The van der Waals surface area contributed by atoms with Crippen molar-refractivity contribution in [2.24, 2.45) is 7.05 Å². The van der Waals surface area contributed by atoms with Crippen LogP contribution in [0, 0.1) is 0 Å². The zero-order valence-corrected chi connectivity index (χ0v) is 9.36. The molecule has 0 saturated carbocycles. The van der Waals surface area contributed by atoms with Crippen LogP contribution in [0.2, 0.25) is 0 Å². The Labute approximate surface area is 95.6 Å². The Hall–Kier alpha value is -1.54. The van der Waals surface area contributed by atoms with Gasteiger partial charge in [0.25, 0.3) is 0 Å². The molecule has 1 N–H and O–H groups in total. The summed E-state index contributed by atoms with van der Waals surface area (Å²) in [5, 5.41) is 8.81. The van der Waals surface area contributed by atoms with Gasteiger partial charge in [-0.15, -0.1) is 0 Å². The minimum absolute atomic E-state index is 0.439. The predicted molar refractivity (Wildman–Crippen MR) is 52.8 cm³/mol. The molecule has 0 amide bonds. The number of carboxylic acids is 1. The Bertz CT molecular complexity index is 361. The average molecular weight is 256 g/mol. The third-order valence-electron chi connectivity index (χ3n) is 1.82. The number of aromatic nitrogens is 2. The van der Waals surface area contributed by atoms with Gasteiger partial charge in [0.2, 0.25) is 6.33 Å². The summed E-state index contributed by atoms with van der Waals surface area (Å²) in [6, 6.07) is -0.439. The highest BCUT2D eigenvalue weighted by atomic mass is 19.5. The summed E-state index contributed by atoms with van der Waals surface area (Å²) in [7, 11) is -4.13. The number of carbonyl (C=O) groups is 1. The lowest BCUT2D eigenvalue weighted by molar-refractivity contribution is -0.671. The molecule has 1 atom stereocenters. The molecule has 98 valence electrons. The van der Waals surface area contributed by atoms with E-state index >= 15 is 0 Å². The molecule has 1 aromatic heterocycles. The Balaban J connectivity index is 0.000000437. The van der Waals surface area contributed by atoms with Crippen molar-refractivity contribution in [3.8, 4) is 0 Å². The normalized spacial score (nSPS) is 12.6. The number of imidazole rings is 1. The van der Waals surface area contributed by atoms with Gasteiger partial charge in [0, 0.05) is 0 Å². The number of aryl methyl sites for hydroxylation is 1. The third-order valence-corrected chi connectivity index (χ3v) is 1.82. The second-order valence-corrected chi connectivity index (χ2v) is 3.28. The van der Waals surface area contributed by atoms with Crippen molar-refractivity contribution < 1.29 is 31.7 Å². The molecule has 17 heavy (non-hydrogen) atoms. The summed E-state index contributed by atoms with van der Waals surface area (Å²) in [6.07, 6.45) is 5.96. The number of nitrogens with zero attached hydrogens (tertiary/aromatic N) is 2. The van der Waals surface area contributed by atoms with Crippen LogP contribution in [0.25, 0.3) is 0 Å². The number of aliphatic carboxylic acids is 1. The summed E-state index contributed by atoms with van der Waals surface area (Å²) >= 11 is 0. The monoisotopic (exact) mass is 256 g/mol. The van der Waals surface area contributed by atoms with E-state index in [1.165, 1.54) is 0 Å². The topological polar surface area (TPSA) is 46.1 Å². The van der Waals surface area contributed by atoms with Gasteiger partial charge in [0.05, 0.1) is 7.05 Å². The molecule has 0 bridgehead atoms. The second-order valence-electron chi connectivity index (χ2n) is 3.28. The van der Waals surface area contributed by atoms with Crippen LogP contribution >= 0.6 is 0 Å². The third kappa shape index (κ3) is 7.37. The van der Waals surface area contributed by atoms with Crippen LogP contribution in [0.3, 0.4) is 0 Å². The van der Waals surface area contributed by atoms with Gasteiger partial charge in [-0.3, -0.25) is 0 Å². The van der Waals surface area contributed by atoms with E-state index in [2.05, 4.69) is 0 Å². The minimum atomic E-state index is -6.00. The molecule has 9 heteroatoms. The Morgan fingerprint density at radius 2 is 1.94 bits per heavy atom. The summed E-state index contributed by atoms with van der Waals surface area (Å²) in [5.74, 6) is -0.784. The molecule has 0 radical (unpaired) electrons. The zero-order chi connectivity index (χ0) is 13.6. The Kier molecular flexibility index (Phi) is 5.70. The van der Waals surface area contributed by atoms with E-state index < -0.39 is 19.3 Å². The fourth-order valence-corrected chi connectivity index (χ4v) is 1.17. The first-order valence-electron chi connectivity index (χ1n) is 4.78. The number of hydrogen-bond donors (Lipinski definition) is 1. The second kappa shape index (κ2) is 6.26. The van der Waals surface area contributed by atoms with Crippen molar-refractivity contribution in [1.29, 1.82) is 0 Å². The molecule has 1 aromatic rings. The quantitative estimate of drug-likeness (QED) is 0.507. The van der Waals surface area contributed by atoms with E-state index in [0.29, 0.717) is 6.42 Å². The maximum absolute atomic E-state index is 10.7. The summed E-state index contributed by atoms with van der Waals surface area (Å²) in [4.78, 5) is 10.7. The van der Waals surface area contributed by atoms with Gasteiger partial charge in [0.15, 0.2) is 6.04 Å². The van der Waals surface area contributed by atoms with Crippen LogP contribution < -0.4 is 4.57 Å². The Morgan fingerprint density at radius 1 is 1.47 bits per heavy atom. The van der Waals surface area contributed by atoms with Gasteiger partial charge in [0.1, 0.15) is 12.4 Å². The van der Waals surface area contributed by atoms with Crippen molar-refractivity contribution in [1.82, 2.24) is 4.57 Å². The van der Waals surface area contributed by atoms with Crippen LogP contribution in [-0.4, -0.2) is 22.9 Å². The van der Waals surface area contributed by atoms with Gasteiger partial charge in [-0.05, 0) is 6.42 Å². The van der Waals surface area contributed by atoms with Crippen LogP contribution in [0.1, 0.15) is 19.4 Å². The standard InChI is InChI=1S/C8H12N2O2.BF4/c1-3-7(8(11)12)10-5-4-9(2)6-10;2-1(3,4)5/h4-7H,3H2,1-2H3;/q;-1/p+1. The lowest BCUT2D eigenvalue weighted by Gasteiger charge is -2.03. The highest BCUT2D eigenvalue weighted by molar-refractivity contribution is 6.50. The maximum Gasteiger partial charge on any atom is 0.673 e. The molecule has 1 heterocycles. The SMILES string of the molecule is CCC(C(=O)O)n1cc[n+](C)c1.F[B-](F)(F)F. The van der Waals surface area contributed by atoms with E-state index in [1.54, 1.807) is 17.1 Å². The first-order chi connectivity index (χ1) is 7.65. The van der Waals surface area contributed by atoms with Gasteiger partial charge in [-0.1, -0.05) is 6.92 Å².